The van der Waals surface area contributed by atoms with Gasteiger partial charge in [-0.25, -0.2) is 4.98 Å². The van der Waals surface area contributed by atoms with Crippen LogP contribution in [0.4, 0.5) is 5.82 Å². The van der Waals surface area contributed by atoms with Crippen LogP contribution in [-0.4, -0.2) is 15.9 Å². The monoisotopic (exact) mass is 352 g/mol. The van der Waals surface area contributed by atoms with Crippen LogP contribution < -0.4 is 10.6 Å². The summed E-state index contributed by atoms with van der Waals surface area (Å²) in [6, 6.07) is 14.9. The molecule has 3 aromatic rings. The molecule has 6 heteroatoms. The maximum Gasteiger partial charge on any atom is 0.253 e. The molecule has 0 saturated heterocycles. The van der Waals surface area contributed by atoms with Gasteiger partial charge in [0, 0.05) is 36.7 Å². The molecule has 1 aromatic carbocycles. The molecule has 2 N–H and O–H groups in total. The minimum atomic E-state index is -0.172. The van der Waals surface area contributed by atoms with Crippen molar-refractivity contribution < 1.29 is 4.79 Å². The second-order valence-electron chi connectivity index (χ2n) is 5.42. The molecule has 3 rings (SSSR count). The van der Waals surface area contributed by atoms with Gasteiger partial charge in [-0.15, -0.1) is 0 Å². The van der Waals surface area contributed by atoms with Gasteiger partial charge in [0.25, 0.3) is 5.91 Å². The third-order valence-corrected chi connectivity index (χ3v) is 3.99. The number of aromatic nitrogens is 2. The van der Waals surface area contributed by atoms with E-state index in [4.69, 9.17) is 11.6 Å². The molecule has 0 aliphatic heterocycles. The Morgan fingerprint density at radius 2 is 1.88 bits per heavy atom. The summed E-state index contributed by atoms with van der Waals surface area (Å²) in [7, 11) is 0. The fraction of sp³-hybridized carbons (Fsp3) is 0.105. The number of pyridine rings is 2. The van der Waals surface area contributed by atoms with Crippen molar-refractivity contribution in [1.82, 2.24) is 15.3 Å². The number of carbonyl (C=O) groups is 1. The minimum absolute atomic E-state index is 0.172. The Bertz CT molecular complexity index is 838. The Morgan fingerprint density at radius 3 is 2.60 bits per heavy atom. The van der Waals surface area contributed by atoms with Gasteiger partial charge in [-0.2, -0.15) is 0 Å². The van der Waals surface area contributed by atoms with E-state index in [-0.39, 0.29) is 5.91 Å². The van der Waals surface area contributed by atoms with Gasteiger partial charge in [0.05, 0.1) is 5.56 Å². The first-order chi connectivity index (χ1) is 12.2. The lowest BCUT2D eigenvalue weighted by atomic mass is 10.2. The molecule has 0 bridgehead atoms. The van der Waals surface area contributed by atoms with Crippen molar-refractivity contribution in [1.29, 1.82) is 0 Å². The van der Waals surface area contributed by atoms with Crippen LogP contribution in [0.3, 0.4) is 0 Å². The van der Waals surface area contributed by atoms with Crippen LogP contribution in [-0.2, 0) is 13.1 Å². The van der Waals surface area contributed by atoms with E-state index in [0.29, 0.717) is 29.5 Å². The summed E-state index contributed by atoms with van der Waals surface area (Å²) < 4.78 is 0. The van der Waals surface area contributed by atoms with Gasteiger partial charge in [0.15, 0.2) is 0 Å². The summed E-state index contributed by atoms with van der Waals surface area (Å²) in [5.41, 5.74) is 2.44. The first-order valence-electron chi connectivity index (χ1n) is 7.83. The highest BCUT2D eigenvalue weighted by Crippen LogP contribution is 2.16. The lowest BCUT2D eigenvalue weighted by Gasteiger charge is -2.08. The van der Waals surface area contributed by atoms with Crippen molar-refractivity contribution in [3.63, 3.8) is 0 Å². The molecule has 2 heterocycles. The lowest BCUT2D eigenvalue weighted by molar-refractivity contribution is 0.0950. The van der Waals surface area contributed by atoms with Crippen molar-refractivity contribution in [2.75, 3.05) is 5.32 Å². The highest BCUT2D eigenvalue weighted by molar-refractivity contribution is 6.31. The number of carbonyl (C=O) groups excluding carboxylic acids is 1. The summed E-state index contributed by atoms with van der Waals surface area (Å²) >= 11 is 6.12. The second kappa shape index (κ2) is 8.26. The number of halogens is 1. The van der Waals surface area contributed by atoms with E-state index in [1.165, 1.54) is 0 Å². The molecular formula is C19H17ClN4O. The van der Waals surface area contributed by atoms with Gasteiger partial charge < -0.3 is 10.6 Å². The number of amides is 1. The van der Waals surface area contributed by atoms with Crippen LogP contribution in [0.15, 0.2) is 67.1 Å². The van der Waals surface area contributed by atoms with E-state index in [0.717, 1.165) is 11.1 Å². The third-order valence-electron chi connectivity index (χ3n) is 3.62. The lowest BCUT2D eigenvalue weighted by Crippen LogP contribution is -2.23. The molecule has 0 unspecified atom stereocenters. The van der Waals surface area contributed by atoms with Gasteiger partial charge in [-0.1, -0.05) is 35.9 Å². The van der Waals surface area contributed by atoms with E-state index >= 15 is 0 Å². The number of benzene rings is 1. The minimum Gasteiger partial charge on any atom is -0.366 e. The van der Waals surface area contributed by atoms with E-state index in [1.54, 1.807) is 30.7 Å². The van der Waals surface area contributed by atoms with Crippen molar-refractivity contribution in [2.24, 2.45) is 0 Å². The fourth-order valence-corrected chi connectivity index (χ4v) is 2.45. The topological polar surface area (TPSA) is 66.9 Å². The van der Waals surface area contributed by atoms with Crippen LogP contribution in [0.1, 0.15) is 21.5 Å². The Hall–Kier alpha value is -2.92. The largest absolute Gasteiger partial charge is 0.366 e. The summed E-state index contributed by atoms with van der Waals surface area (Å²) in [5, 5.41) is 6.74. The summed E-state index contributed by atoms with van der Waals surface area (Å²) in [4.78, 5) is 20.4. The van der Waals surface area contributed by atoms with Gasteiger partial charge >= 0.3 is 0 Å². The quantitative estimate of drug-likeness (QED) is 0.710. The predicted octanol–water partition coefficient (Wildman–Crippen LogP) is 3.67. The van der Waals surface area contributed by atoms with Crippen LogP contribution in [0.25, 0.3) is 0 Å². The van der Waals surface area contributed by atoms with Crippen LogP contribution in [0, 0.1) is 0 Å². The molecule has 0 aliphatic rings. The highest BCUT2D eigenvalue weighted by Gasteiger charge is 2.06. The Balaban J connectivity index is 1.54. The molecule has 25 heavy (non-hydrogen) atoms. The molecular weight excluding hydrogens is 336 g/mol. The maximum absolute atomic E-state index is 12.1. The zero-order valence-electron chi connectivity index (χ0n) is 13.4. The molecule has 5 nitrogen and oxygen atoms in total. The zero-order chi connectivity index (χ0) is 17.5. The highest BCUT2D eigenvalue weighted by atomic mass is 35.5. The SMILES string of the molecule is O=C(NCc1cccnc1)c1ccc(NCc2ccccc2Cl)nc1. The summed E-state index contributed by atoms with van der Waals surface area (Å²) in [6.07, 6.45) is 4.97. The number of nitrogens with zero attached hydrogens (tertiary/aromatic N) is 2. The molecule has 0 saturated carbocycles. The third kappa shape index (κ3) is 4.78. The van der Waals surface area contributed by atoms with Gasteiger partial charge in [0.2, 0.25) is 0 Å². The molecule has 0 atom stereocenters. The number of rotatable bonds is 6. The van der Waals surface area contributed by atoms with Crippen molar-refractivity contribution in [3.05, 3.63) is 88.8 Å². The Morgan fingerprint density at radius 1 is 1.00 bits per heavy atom. The summed E-state index contributed by atoms with van der Waals surface area (Å²) in [6.45, 7) is 0.998. The number of anilines is 1. The average Bonchev–Trinajstić information content (AvgIpc) is 2.67. The van der Waals surface area contributed by atoms with E-state index in [2.05, 4.69) is 20.6 Å². The Kier molecular flexibility index (Phi) is 5.59. The van der Waals surface area contributed by atoms with Crippen molar-refractivity contribution >= 4 is 23.3 Å². The van der Waals surface area contributed by atoms with Crippen molar-refractivity contribution in [2.45, 2.75) is 13.1 Å². The molecule has 1 amide bonds. The molecule has 2 aromatic heterocycles. The van der Waals surface area contributed by atoms with Crippen LogP contribution >= 0.6 is 11.6 Å². The van der Waals surface area contributed by atoms with Crippen molar-refractivity contribution in [3.8, 4) is 0 Å². The molecule has 0 fully saturated rings. The maximum atomic E-state index is 12.1. The number of hydrogen-bond acceptors (Lipinski definition) is 4. The first kappa shape index (κ1) is 16.9. The molecule has 126 valence electrons. The fourth-order valence-electron chi connectivity index (χ4n) is 2.25. The predicted molar refractivity (Wildman–Crippen MR) is 98.4 cm³/mol. The van der Waals surface area contributed by atoms with E-state index in [1.807, 2.05) is 36.4 Å². The van der Waals surface area contributed by atoms with Gasteiger partial charge in [-0.3, -0.25) is 9.78 Å². The average molecular weight is 353 g/mol. The van der Waals surface area contributed by atoms with E-state index < -0.39 is 0 Å². The Labute approximate surface area is 151 Å². The normalized spacial score (nSPS) is 10.3. The van der Waals surface area contributed by atoms with Gasteiger partial charge in [-0.05, 0) is 35.4 Å². The van der Waals surface area contributed by atoms with Crippen LogP contribution in [0.5, 0.6) is 0 Å². The van der Waals surface area contributed by atoms with E-state index in [9.17, 15) is 4.79 Å². The molecule has 0 spiro atoms. The standard InChI is InChI=1S/C19H17ClN4O/c20-17-6-2-1-5-15(17)12-22-18-8-7-16(13-23-18)19(25)24-11-14-4-3-9-21-10-14/h1-10,13H,11-12H2,(H,22,23)(H,24,25). The number of nitrogens with one attached hydrogen (secondary N) is 2. The molecule has 0 aliphatic carbocycles. The first-order valence-corrected chi connectivity index (χ1v) is 8.20. The molecule has 0 radical (unpaired) electrons. The summed E-state index contributed by atoms with van der Waals surface area (Å²) in [5.74, 6) is 0.512. The zero-order valence-corrected chi connectivity index (χ0v) is 14.2. The van der Waals surface area contributed by atoms with Crippen LogP contribution in [0.2, 0.25) is 5.02 Å². The van der Waals surface area contributed by atoms with Gasteiger partial charge in [0.1, 0.15) is 5.82 Å². The second-order valence-corrected chi connectivity index (χ2v) is 5.83. The number of hydrogen-bond donors (Lipinski definition) is 2. The smallest absolute Gasteiger partial charge is 0.253 e.